The highest BCUT2D eigenvalue weighted by Gasteiger charge is 2.17. The molecule has 4 rings (SSSR count). The molecule has 0 aliphatic carbocycles. The quantitative estimate of drug-likeness (QED) is 0.593. The normalized spacial score (nSPS) is 12.8. The Morgan fingerprint density at radius 2 is 1.62 bits per heavy atom. The predicted molar refractivity (Wildman–Crippen MR) is 122 cm³/mol. The molecule has 0 bridgehead atoms. The summed E-state index contributed by atoms with van der Waals surface area (Å²) in [6.45, 7) is 4.96. The molecule has 1 aliphatic rings. The molecule has 0 spiro atoms. The van der Waals surface area contributed by atoms with Gasteiger partial charge in [0.2, 0.25) is 0 Å². The number of benzene rings is 3. The Kier molecular flexibility index (Phi) is 6.05. The fraction of sp³-hybridized carbons (Fsp3) is 0.208. The zero-order chi connectivity index (χ0) is 22.7. The molecule has 0 saturated carbocycles. The Morgan fingerprint density at radius 3 is 2.38 bits per heavy atom. The summed E-state index contributed by atoms with van der Waals surface area (Å²) in [5.41, 5.74) is 3.23. The second-order valence-electron chi connectivity index (χ2n) is 7.61. The Balaban J connectivity index is 1.40. The van der Waals surface area contributed by atoms with Crippen molar-refractivity contribution in [1.82, 2.24) is 5.32 Å². The number of rotatable bonds is 6. The number of carbonyl (C=O) groups excluding carboxylic acids is 1. The molecule has 2 N–H and O–H groups in total. The fourth-order valence-electron chi connectivity index (χ4n) is 3.38. The van der Waals surface area contributed by atoms with Crippen LogP contribution in [0.5, 0.6) is 11.5 Å². The molecule has 0 radical (unpaired) electrons. The van der Waals surface area contributed by atoms with Gasteiger partial charge in [-0.3, -0.25) is 9.52 Å². The van der Waals surface area contributed by atoms with Crippen molar-refractivity contribution in [2.75, 3.05) is 17.9 Å². The van der Waals surface area contributed by atoms with Gasteiger partial charge in [-0.25, -0.2) is 8.42 Å². The lowest BCUT2D eigenvalue weighted by Crippen LogP contribution is -2.23. The molecule has 1 amide bonds. The van der Waals surface area contributed by atoms with E-state index in [-0.39, 0.29) is 10.8 Å². The van der Waals surface area contributed by atoms with Gasteiger partial charge in [0.05, 0.1) is 4.90 Å². The summed E-state index contributed by atoms with van der Waals surface area (Å²) in [5.74, 6) is 1.11. The number of hydrogen-bond donors (Lipinski definition) is 2. The van der Waals surface area contributed by atoms with E-state index in [2.05, 4.69) is 10.0 Å². The third-order valence-electron chi connectivity index (χ3n) is 5.09. The summed E-state index contributed by atoms with van der Waals surface area (Å²) in [6, 6.07) is 17.1. The van der Waals surface area contributed by atoms with Crippen LogP contribution in [0.3, 0.4) is 0 Å². The minimum Gasteiger partial charge on any atom is -0.486 e. The number of anilines is 1. The van der Waals surface area contributed by atoms with Crippen LogP contribution in [0.4, 0.5) is 5.69 Å². The van der Waals surface area contributed by atoms with Gasteiger partial charge in [-0.15, -0.1) is 0 Å². The second-order valence-corrected chi connectivity index (χ2v) is 9.26. The molecule has 1 heterocycles. The van der Waals surface area contributed by atoms with Gasteiger partial charge in [-0.1, -0.05) is 18.2 Å². The van der Waals surface area contributed by atoms with E-state index in [1.54, 1.807) is 43.3 Å². The van der Waals surface area contributed by atoms with Crippen LogP contribution in [0.25, 0.3) is 0 Å². The standard InChI is InChI=1S/C24H24N2O5S/c1-16-3-4-17(2)23(13-16)32(28,29)26-20-8-6-19(7-9-20)24(27)25-15-18-5-10-21-22(14-18)31-12-11-30-21/h3-10,13-14,26H,11-12,15H2,1-2H3,(H,25,27). The van der Waals surface area contributed by atoms with Crippen molar-refractivity contribution < 1.29 is 22.7 Å². The molecule has 3 aromatic carbocycles. The SMILES string of the molecule is Cc1ccc(C)c(S(=O)(=O)Nc2ccc(C(=O)NCc3ccc4c(c3)OCCO4)cc2)c1. The van der Waals surface area contributed by atoms with Gasteiger partial charge in [-0.05, 0) is 73.0 Å². The number of amides is 1. The van der Waals surface area contributed by atoms with Crippen molar-refractivity contribution in [2.45, 2.75) is 25.3 Å². The summed E-state index contributed by atoms with van der Waals surface area (Å²) in [4.78, 5) is 12.7. The molecule has 1 aliphatic heterocycles. The summed E-state index contributed by atoms with van der Waals surface area (Å²) in [7, 11) is -3.73. The van der Waals surface area contributed by atoms with E-state index >= 15 is 0 Å². The lowest BCUT2D eigenvalue weighted by Gasteiger charge is -2.19. The van der Waals surface area contributed by atoms with Crippen LogP contribution in [-0.4, -0.2) is 27.5 Å². The largest absolute Gasteiger partial charge is 0.486 e. The lowest BCUT2D eigenvalue weighted by atomic mass is 10.1. The number of carbonyl (C=O) groups is 1. The number of ether oxygens (including phenoxy) is 2. The summed E-state index contributed by atoms with van der Waals surface area (Å²) >= 11 is 0. The molecular weight excluding hydrogens is 428 g/mol. The predicted octanol–water partition coefficient (Wildman–Crippen LogP) is 3.81. The van der Waals surface area contributed by atoms with E-state index in [9.17, 15) is 13.2 Å². The summed E-state index contributed by atoms with van der Waals surface area (Å²) < 4.78 is 39.1. The van der Waals surface area contributed by atoms with Crippen LogP contribution in [-0.2, 0) is 16.6 Å². The van der Waals surface area contributed by atoms with E-state index in [4.69, 9.17) is 9.47 Å². The monoisotopic (exact) mass is 452 g/mol. The molecule has 0 aromatic heterocycles. The van der Waals surface area contributed by atoms with Crippen LogP contribution in [0.15, 0.2) is 65.6 Å². The van der Waals surface area contributed by atoms with Crippen molar-refractivity contribution in [1.29, 1.82) is 0 Å². The molecule has 3 aromatic rings. The number of sulfonamides is 1. The van der Waals surface area contributed by atoms with Crippen molar-refractivity contribution >= 4 is 21.6 Å². The summed E-state index contributed by atoms with van der Waals surface area (Å²) in [5, 5.41) is 2.86. The second kappa shape index (κ2) is 8.92. The van der Waals surface area contributed by atoms with Gasteiger partial charge >= 0.3 is 0 Å². The molecule has 7 nitrogen and oxygen atoms in total. The Hall–Kier alpha value is -3.52. The zero-order valence-corrected chi connectivity index (χ0v) is 18.7. The average molecular weight is 453 g/mol. The highest BCUT2D eigenvalue weighted by atomic mass is 32.2. The molecule has 0 unspecified atom stereocenters. The van der Waals surface area contributed by atoms with E-state index in [1.165, 1.54) is 0 Å². The van der Waals surface area contributed by atoms with Crippen molar-refractivity contribution in [3.05, 3.63) is 82.9 Å². The van der Waals surface area contributed by atoms with Crippen LogP contribution in [0.1, 0.15) is 27.0 Å². The number of nitrogens with one attached hydrogen (secondary N) is 2. The minimum atomic E-state index is -3.73. The number of fused-ring (bicyclic) bond motifs is 1. The zero-order valence-electron chi connectivity index (χ0n) is 17.8. The molecule has 0 fully saturated rings. The highest BCUT2D eigenvalue weighted by Crippen LogP contribution is 2.30. The number of hydrogen-bond acceptors (Lipinski definition) is 5. The summed E-state index contributed by atoms with van der Waals surface area (Å²) in [6.07, 6.45) is 0. The molecular formula is C24H24N2O5S. The Labute approximate surface area is 187 Å². The van der Waals surface area contributed by atoms with Crippen molar-refractivity contribution in [3.63, 3.8) is 0 Å². The first-order valence-corrected chi connectivity index (χ1v) is 11.7. The first kappa shape index (κ1) is 21.7. The molecule has 8 heteroatoms. The maximum absolute atomic E-state index is 12.7. The van der Waals surface area contributed by atoms with Crippen molar-refractivity contribution in [3.8, 4) is 11.5 Å². The van der Waals surface area contributed by atoms with Gasteiger partial charge in [0.15, 0.2) is 11.5 Å². The van der Waals surface area contributed by atoms with E-state index in [0.29, 0.717) is 48.1 Å². The third-order valence-corrected chi connectivity index (χ3v) is 6.62. The molecule has 32 heavy (non-hydrogen) atoms. The highest BCUT2D eigenvalue weighted by molar-refractivity contribution is 7.92. The smallest absolute Gasteiger partial charge is 0.262 e. The first-order valence-electron chi connectivity index (χ1n) is 10.2. The number of aryl methyl sites for hydroxylation is 2. The van der Waals surface area contributed by atoms with Crippen LogP contribution >= 0.6 is 0 Å². The maximum atomic E-state index is 12.7. The third kappa shape index (κ3) is 4.86. The molecule has 0 atom stereocenters. The van der Waals surface area contributed by atoms with E-state index in [0.717, 1.165) is 11.1 Å². The molecule has 0 saturated heterocycles. The molecule has 166 valence electrons. The van der Waals surface area contributed by atoms with E-state index in [1.807, 2.05) is 31.2 Å². The minimum absolute atomic E-state index is 0.235. The van der Waals surface area contributed by atoms with Gasteiger partial charge < -0.3 is 14.8 Å². The van der Waals surface area contributed by atoms with Crippen LogP contribution < -0.4 is 19.5 Å². The topological polar surface area (TPSA) is 93.7 Å². The van der Waals surface area contributed by atoms with Gasteiger partial charge in [-0.2, -0.15) is 0 Å². The lowest BCUT2D eigenvalue weighted by molar-refractivity contribution is 0.0951. The van der Waals surface area contributed by atoms with Crippen LogP contribution in [0, 0.1) is 13.8 Å². The van der Waals surface area contributed by atoms with Crippen molar-refractivity contribution in [2.24, 2.45) is 0 Å². The van der Waals surface area contributed by atoms with Gasteiger partial charge in [0.1, 0.15) is 13.2 Å². The van der Waals surface area contributed by atoms with Gasteiger partial charge in [0, 0.05) is 17.8 Å². The average Bonchev–Trinajstić information content (AvgIpc) is 2.79. The Bertz CT molecular complexity index is 1250. The fourth-order valence-corrected chi connectivity index (χ4v) is 4.77. The first-order chi connectivity index (χ1) is 15.3. The van der Waals surface area contributed by atoms with E-state index < -0.39 is 10.0 Å². The maximum Gasteiger partial charge on any atom is 0.262 e. The van der Waals surface area contributed by atoms with Gasteiger partial charge in [0.25, 0.3) is 15.9 Å². The Morgan fingerprint density at radius 1 is 0.906 bits per heavy atom. The van der Waals surface area contributed by atoms with Crippen LogP contribution in [0.2, 0.25) is 0 Å².